The molecule has 48 valence electrons. The summed E-state index contributed by atoms with van der Waals surface area (Å²) in [6.07, 6.45) is 4.76. The molecule has 1 saturated carbocycles. The van der Waals surface area contributed by atoms with Crippen LogP contribution in [0, 0.1) is 5.92 Å². The summed E-state index contributed by atoms with van der Waals surface area (Å²) in [5.74, 6) is 2.17. The Morgan fingerprint density at radius 1 is 1.75 bits per heavy atom. The van der Waals surface area contributed by atoms with E-state index < -0.39 is 0 Å². The fourth-order valence-corrected chi connectivity index (χ4v) is 1.41. The van der Waals surface area contributed by atoms with Crippen LogP contribution >= 0.6 is 11.8 Å². The smallest absolute Gasteiger partial charge is 0.00712 e. The van der Waals surface area contributed by atoms with Gasteiger partial charge in [0.05, 0.1) is 0 Å². The maximum Gasteiger partial charge on any atom is 0.00712 e. The summed E-state index contributed by atoms with van der Waals surface area (Å²) < 4.78 is 0. The van der Waals surface area contributed by atoms with Crippen molar-refractivity contribution < 1.29 is 0 Å². The van der Waals surface area contributed by atoms with Gasteiger partial charge < -0.3 is 5.73 Å². The van der Waals surface area contributed by atoms with Gasteiger partial charge in [-0.1, -0.05) is 0 Å². The highest BCUT2D eigenvalue weighted by molar-refractivity contribution is 7.98. The Hall–Kier alpha value is 0.310. The highest BCUT2D eigenvalue weighted by Gasteiger charge is 2.31. The van der Waals surface area contributed by atoms with Crippen molar-refractivity contribution in [3.8, 4) is 0 Å². The number of hydrogen-bond acceptors (Lipinski definition) is 2. The zero-order valence-corrected chi connectivity index (χ0v) is 6.08. The van der Waals surface area contributed by atoms with Gasteiger partial charge in [0.1, 0.15) is 0 Å². The molecule has 0 spiro atoms. The molecule has 2 atom stereocenters. The fraction of sp³-hybridized carbons (Fsp3) is 1.00. The number of nitrogens with two attached hydrogens (primary N) is 1. The molecule has 0 aliphatic heterocycles. The average molecular weight is 131 g/mol. The van der Waals surface area contributed by atoms with Gasteiger partial charge in [0, 0.05) is 6.04 Å². The summed E-state index contributed by atoms with van der Waals surface area (Å²) in [6.45, 7) is 0. The lowest BCUT2D eigenvalue weighted by molar-refractivity contribution is 0.767. The van der Waals surface area contributed by atoms with Gasteiger partial charge in [0.2, 0.25) is 0 Å². The van der Waals surface area contributed by atoms with Gasteiger partial charge >= 0.3 is 0 Å². The zero-order valence-electron chi connectivity index (χ0n) is 5.26. The van der Waals surface area contributed by atoms with Crippen LogP contribution in [0.2, 0.25) is 0 Å². The van der Waals surface area contributed by atoms with E-state index in [9.17, 15) is 0 Å². The molecule has 0 heterocycles. The first kappa shape index (κ1) is 6.43. The van der Waals surface area contributed by atoms with E-state index in [0.29, 0.717) is 6.04 Å². The van der Waals surface area contributed by atoms with Gasteiger partial charge in [-0.3, -0.25) is 0 Å². The van der Waals surface area contributed by atoms with Crippen molar-refractivity contribution >= 4 is 11.8 Å². The second-order valence-corrected chi connectivity index (χ2v) is 3.43. The average Bonchev–Trinajstić information content (AvgIpc) is 2.42. The summed E-state index contributed by atoms with van der Waals surface area (Å²) >= 11 is 1.92. The topological polar surface area (TPSA) is 26.0 Å². The molecular formula is C6H13NS. The largest absolute Gasteiger partial charge is 0.327 e. The Bertz CT molecular complexity index is 74.9. The minimum absolute atomic E-state index is 0.558. The van der Waals surface area contributed by atoms with Crippen molar-refractivity contribution in [2.75, 3.05) is 12.0 Å². The SMILES string of the molecule is CSCC[C@@H]1C[C@H]1N. The van der Waals surface area contributed by atoms with Gasteiger partial charge in [0.25, 0.3) is 0 Å². The predicted molar refractivity (Wildman–Crippen MR) is 39.1 cm³/mol. The van der Waals surface area contributed by atoms with E-state index in [1.807, 2.05) is 11.8 Å². The van der Waals surface area contributed by atoms with E-state index >= 15 is 0 Å². The quantitative estimate of drug-likeness (QED) is 0.620. The summed E-state index contributed by atoms with van der Waals surface area (Å²) in [7, 11) is 0. The standard InChI is InChI=1S/C6H13NS/c1-8-3-2-5-4-6(5)7/h5-6H,2-4,7H2,1H3/t5-,6-/m1/s1. The van der Waals surface area contributed by atoms with Crippen LogP contribution in [-0.4, -0.2) is 18.1 Å². The lowest BCUT2D eigenvalue weighted by Gasteiger charge is -1.91. The van der Waals surface area contributed by atoms with Crippen molar-refractivity contribution in [1.29, 1.82) is 0 Å². The minimum atomic E-state index is 0.558. The van der Waals surface area contributed by atoms with Gasteiger partial charge in [-0.2, -0.15) is 11.8 Å². The van der Waals surface area contributed by atoms with Gasteiger partial charge in [-0.05, 0) is 30.8 Å². The molecule has 1 rings (SSSR count). The summed E-state index contributed by atoms with van der Waals surface area (Å²) in [5.41, 5.74) is 5.60. The second kappa shape index (κ2) is 2.74. The Labute approximate surface area is 55.0 Å². The first-order valence-electron chi connectivity index (χ1n) is 3.09. The van der Waals surface area contributed by atoms with Crippen LogP contribution in [0.3, 0.4) is 0 Å². The van der Waals surface area contributed by atoms with Gasteiger partial charge in [0.15, 0.2) is 0 Å². The van der Waals surface area contributed by atoms with E-state index in [2.05, 4.69) is 6.26 Å². The molecule has 1 aliphatic rings. The van der Waals surface area contributed by atoms with Crippen molar-refractivity contribution in [1.82, 2.24) is 0 Å². The summed E-state index contributed by atoms with van der Waals surface area (Å²) in [6, 6.07) is 0.558. The Morgan fingerprint density at radius 2 is 2.38 bits per heavy atom. The maximum atomic E-state index is 5.60. The highest BCUT2D eigenvalue weighted by atomic mass is 32.2. The lowest BCUT2D eigenvalue weighted by atomic mass is 10.3. The first-order chi connectivity index (χ1) is 3.84. The van der Waals surface area contributed by atoms with E-state index in [4.69, 9.17) is 5.73 Å². The van der Waals surface area contributed by atoms with Gasteiger partial charge in [-0.15, -0.1) is 0 Å². The Balaban J connectivity index is 1.89. The Morgan fingerprint density at radius 3 is 2.75 bits per heavy atom. The molecule has 0 unspecified atom stereocenters. The maximum absolute atomic E-state index is 5.60. The molecule has 2 N–H and O–H groups in total. The molecule has 0 aromatic rings. The van der Waals surface area contributed by atoms with Crippen molar-refractivity contribution in [3.05, 3.63) is 0 Å². The van der Waals surface area contributed by atoms with Crippen LogP contribution in [0.5, 0.6) is 0 Å². The summed E-state index contributed by atoms with van der Waals surface area (Å²) in [4.78, 5) is 0. The van der Waals surface area contributed by atoms with E-state index in [1.54, 1.807) is 0 Å². The molecule has 0 saturated heterocycles. The lowest BCUT2D eigenvalue weighted by Crippen LogP contribution is -2.01. The molecule has 0 radical (unpaired) electrons. The monoisotopic (exact) mass is 131 g/mol. The fourth-order valence-electron chi connectivity index (χ4n) is 0.872. The molecule has 2 heteroatoms. The zero-order chi connectivity index (χ0) is 5.98. The molecule has 0 aromatic carbocycles. The van der Waals surface area contributed by atoms with Crippen molar-refractivity contribution in [2.45, 2.75) is 18.9 Å². The molecule has 8 heavy (non-hydrogen) atoms. The third-order valence-corrected chi connectivity index (χ3v) is 2.31. The molecule has 1 fully saturated rings. The molecule has 1 nitrogen and oxygen atoms in total. The molecule has 0 aromatic heterocycles. The normalized spacial score (nSPS) is 35.2. The first-order valence-corrected chi connectivity index (χ1v) is 4.48. The van der Waals surface area contributed by atoms with Crippen LogP contribution in [0.4, 0.5) is 0 Å². The van der Waals surface area contributed by atoms with Crippen LogP contribution in [-0.2, 0) is 0 Å². The third kappa shape index (κ3) is 1.67. The highest BCUT2D eigenvalue weighted by Crippen LogP contribution is 2.31. The summed E-state index contributed by atoms with van der Waals surface area (Å²) in [5, 5.41) is 0. The van der Waals surface area contributed by atoms with Crippen LogP contribution < -0.4 is 5.73 Å². The molecular weight excluding hydrogens is 118 g/mol. The van der Waals surface area contributed by atoms with Crippen LogP contribution in [0.25, 0.3) is 0 Å². The molecule has 1 aliphatic carbocycles. The van der Waals surface area contributed by atoms with Crippen LogP contribution in [0.15, 0.2) is 0 Å². The van der Waals surface area contributed by atoms with E-state index in [-0.39, 0.29) is 0 Å². The van der Waals surface area contributed by atoms with E-state index in [0.717, 1.165) is 5.92 Å². The number of thioether (sulfide) groups is 1. The molecule has 0 bridgehead atoms. The number of rotatable bonds is 3. The minimum Gasteiger partial charge on any atom is -0.327 e. The Kier molecular flexibility index (Phi) is 2.20. The third-order valence-electron chi connectivity index (χ3n) is 1.67. The van der Waals surface area contributed by atoms with Gasteiger partial charge in [-0.25, -0.2) is 0 Å². The predicted octanol–water partition coefficient (Wildman–Crippen LogP) is 1.09. The van der Waals surface area contributed by atoms with E-state index in [1.165, 1.54) is 18.6 Å². The van der Waals surface area contributed by atoms with Crippen molar-refractivity contribution in [2.24, 2.45) is 11.7 Å². The second-order valence-electron chi connectivity index (χ2n) is 2.44. The van der Waals surface area contributed by atoms with Crippen LogP contribution in [0.1, 0.15) is 12.8 Å². The number of hydrogen-bond donors (Lipinski definition) is 1. The van der Waals surface area contributed by atoms with Crippen molar-refractivity contribution in [3.63, 3.8) is 0 Å². The molecule has 0 amide bonds.